The van der Waals surface area contributed by atoms with Gasteiger partial charge in [0.1, 0.15) is 5.75 Å². The minimum Gasteiger partial charge on any atom is -0.497 e. The Balaban J connectivity index is 1.15. The second kappa shape index (κ2) is 14.3. The van der Waals surface area contributed by atoms with Gasteiger partial charge in [-0.15, -0.1) is 0 Å². The van der Waals surface area contributed by atoms with Crippen LogP contribution in [0.5, 0.6) is 5.75 Å². The van der Waals surface area contributed by atoms with E-state index in [-0.39, 0.29) is 11.0 Å². The van der Waals surface area contributed by atoms with Crippen molar-refractivity contribution < 1.29 is 4.74 Å². The maximum absolute atomic E-state index is 5.79. The molecule has 0 saturated heterocycles. The predicted octanol–water partition coefficient (Wildman–Crippen LogP) is 17.3. The minimum absolute atomic E-state index is 0.0418. The molecule has 2 unspecified atom stereocenters. The summed E-state index contributed by atoms with van der Waals surface area (Å²) in [4.78, 5) is 2.65. The van der Waals surface area contributed by atoms with E-state index in [0.29, 0.717) is 0 Å². The van der Waals surface area contributed by atoms with Crippen LogP contribution in [0.4, 0.5) is 11.4 Å². The van der Waals surface area contributed by atoms with Crippen LogP contribution >= 0.6 is 0 Å². The number of nitrogens with zero attached hydrogens (tertiary/aromatic N) is 1. The molecule has 0 amide bonds. The van der Waals surface area contributed by atoms with Crippen molar-refractivity contribution in [2.24, 2.45) is 0 Å². The van der Waals surface area contributed by atoms with Crippen LogP contribution in [-0.4, -0.2) is 12.6 Å². The molecule has 11 aromatic carbocycles. The fraction of sp³-hybridized carbons (Fsp3) is 0.143. The molecule has 2 heteroatoms. The minimum atomic E-state index is -0.0821. The van der Waals surface area contributed by atoms with E-state index in [9.17, 15) is 0 Å². The number of anilines is 2. The number of hydrogen-bond acceptors (Lipinski definition) is 2. The van der Waals surface area contributed by atoms with E-state index in [2.05, 4.69) is 213 Å². The highest BCUT2D eigenvalue weighted by Gasteiger charge is 2.57. The van der Waals surface area contributed by atoms with Crippen LogP contribution in [0.15, 0.2) is 194 Å². The second-order valence-corrected chi connectivity index (χ2v) is 19.0. The van der Waals surface area contributed by atoms with Crippen molar-refractivity contribution in [1.29, 1.82) is 0 Å². The van der Waals surface area contributed by atoms with Crippen molar-refractivity contribution in [2.75, 3.05) is 12.0 Å². The van der Waals surface area contributed by atoms with Crippen molar-refractivity contribution in [3.05, 3.63) is 200 Å². The SMILES string of the molecule is COc1cccc(N2c3ccc(-c4cc(-c5cccc6ccccc56)c5ccc6c(-c7ccccc7)cc(-c7cccc8ccccc78)c7ccc4c5c67)cc3C3(C)CCCCC23C)c1. The molecule has 2 aliphatic rings. The van der Waals surface area contributed by atoms with E-state index >= 15 is 0 Å². The summed E-state index contributed by atoms with van der Waals surface area (Å²) in [5, 5.41) is 12.8. The molecule has 1 aliphatic carbocycles. The predicted molar refractivity (Wildman–Crippen MR) is 276 cm³/mol. The lowest BCUT2D eigenvalue weighted by atomic mass is 9.61. The Labute approximate surface area is 380 Å². The number of fused-ring (bicyclic) bond motifs is 5. The van der Waals surface area contributed by atoms with Gasteiger partial charge in [-0.2, -0.15) is 0 Å². The molecule has 0 spiro atoms. The summed E-state index contributed by atoms with van der Waals surface area (Å²) in [6.07, 6.45) is 4.74. The highest BCUT2D eigenvalue weighted by atomic mass is 16.5. The Kier molecular flexibility index (Phi) is 8.37. The summed E-state index contributed by atoms with van der Waals surface area (Å²) in [5.41, 5.74) is 13.9. The first-order valence-corrected chi connectivity index (χ1v) is 23.3. The van der Waals surface area contributed by atoms with Gasteiger partial charge >= 0.3 is 0 Å². The highest BCUT2D eigenvalue weighted by Crippen LogP contribution is 2.62. The lowest BCUT2D eigenvalue weighted by Crippen LogP contribution is -2.54. The topological polar surface area (TPSA) is 12.5 Å². The van der Waals surface area contributed by atoms with Crippen molar-refractivity contribution >= 4 is 65.2 Å². The summed E-state index contributed by atoms with van der Waals surface area (Å²) >= 11 is 0. The van der Waals surface area contributed by atoms with E-state index in [1.54, 1.807) is 7.11 Å². The van der Waals surface area contributed by atoms with Gasteiger partial charge in [-0.1, -0.05) is 171 Å². The van der Waals surface area contributed by atoms with Crippen molar-refractivity contribution in [2.45, 2.75) is 50.5 Å². The maximum Gasteiger partial charge on any atom is 0.120 e. The molecule has 0 radical (unpaired) electrons. The molecule has 1 aliphatic heterocycles. The average molecular weight is 836 g/mol. The number of methoxy groups -OCH3 is 1. The quantitative estimate of drug-likeness (QED) is 0.155. The standard InChI is InChI=1S/C63H49NO/c1-62-34-11-12-35-63(62,2)64(44-22-15-23-45(37-44)65-3)59-33-28-43(36-58(59)62)55-39-57(49-27-14-21-41-19-8-10-25-47(41)49)53-31-29-50-54(42-16-5-4-6-17-42)38-56(52-32-30-51(55)61(53)60(50)52)48-26-13-20-40-18-7-9-24-46(40)48/h4-10,13-33,36-39H,11-12,34-35H2,1-3H3. The van der Waals surface area contributed by atoms with Crippen molar-refractivity contribution in [3.8, 4) is 50.3 Å². The van der Waals surface area contributed by atoms with Crippen LogP contribution in [0.1, 0.15) is 45.1 Å². The van der Waals surface area contributed by atoms with E-state index < -0.39 is 0 Å². The number of hydrogen-bond donors (Lipinski definition) is 0. The first kappa shape index (κ1) is 38.1. The number of rotatable bonds is 6. The van der Waals surface area contributed by atoms with E-state index in [0.717, 1.165) is 18.6 Å². The van der Waals surface area contributed by atoms with Gasteiger partial charge in [-0.3, -0.25) is 0 Å². The average Bonchev–Trinajstić information content (AvgIpc) is 3.57. The molecule has 2 atom stereocenters. The van der Waals surface area contributed by atoms with Crippen LogP contribution in [0, 0.1) is 0 Å². The highest BCUT2D eigenvalue weighted by molar-refractivity contribution is 6.32. The van der Waals surface area contributed by atoms with Gasteiger partial charge in [0, 0.05) is 22.9 Å². The first-order valence-electron chi connectivity index (χ1n) is 23.3. The molecule has 65 heavy (non-hydrogen) atoms. The van der Waals surface area contributed by atoms with Crippen LogP contribution in [0.3, 0.4) is 0 Å². The molecular formula is C63H49NO. The molecule has 312 valence electrons. The van der Waals surface area contributed by atoms with Crippen molar-refractivity contribution in [3.63, 3.8) is 0 Å². The van der Waals surface area contributed by atoms with Crippen LogP contribution in [0.25, 0.3) is 98.4 Å². The number of benzene rings is 11. The molecule has 0 bridgehead atoms. The third-order valence-electron chi connectivity index (χ3n) is 15.9. The fourth-order valence-corrected chi connectivity index (χ4v) is 12.5. The van der Waals surface area contributed by atoms with Gasteiger partial charge in [0.15, 0.2) is 0 Å². The summed E-state index contributed by atoms with van der Waals surface area (Å²) in [6, 6.07) is 73.0. The molecule has 13 rings (SSSR count). The van der Waals surface area contributed by atoms with Gasteiger partial charge in [0.25, 0.3) is 0 Å². The van der Waals surface area contributed by atoms with E-state index in [1.807, 2.05) is 0 Å². The molecule has 0 aromatic heterocycles. The molecule has 0 N–H and O–H groups in total. The molecule has 1 fully saturated rings. The molecule has 11 aromatic rings. The van der Waals surface area contributed by atoms with Gasteiger partial charge in [0.2, 0.25) is 0 Å². The van der Waals surface area contributed by atoms with Crippen molar-refractivity contribution in [1.82, 2.24) is 0 Å². The lowest BCUT2D eigenvalue weighted by molar-refractivity contribution is 0.195. The zero-order valence-corrected chi connectivity index (χ0v) is 37.2. The molecular weight excluding hydrogens is 787 g/mol. The smallest absolute Gasteiger partial charge is 0.120 e. The Bertz CT molecular complexity index is 3690. The molecule has 1 heterocycles. The Morgan fingerprint density at radius 3 is 1.58 bits per heavy atom. The lowest BCUT2D eigenvalue weighted by Gasteiger charge is -2.50. The first-order chi connectivity index (χ1) is 31.9. The fourth-order valence-electron chi connectivity index (χ4n) is 12.5. The monoisotopic (exact) mass is 835 g/mol. The van der Waals surface area contributed by atoms with Gasteiger partial charge in [0.05, 0.1) is 12.6 Å². The zero-order chi connectivity index (χ0) is 43.4. The largest absolute Gasteiger partial charge is 0.497 e. The van der Waals surface area contributed by atoms with Crippen LogP contribution < -0.4 is 9.64 Å². The Morgan fingerprint density at radius 2 is 0.954 bits per heavy atom. The zero-order valence-electron chi connectivity index (χ0n) is 37.2. The molecule has 2 nitrogen and oxygen atoms in total. The van der Waals surface area contributed by atoms with E-state index in [1.165, 1.54) is 128 Å². The van der Waals surface area contributed by atoms with Gasteiger partial charge in [-0.05, 0) is 160 Å². The summed E-state index contributed by atoms with van der Waals surface area (Å²) < 4.78 is 5.79. The summed E-state index contributed by atoms with van der Waals surface area (Å²) in [5.74, 6) is 0.891. The second-order valence-electron chi connectivity index (χ2n) is 19.0. The Morgan fingerprint density at radius 1 is 0.415 bits per heavy atom. The number of ether oxygens (including phenoxy) is 1. The maximum atomic E-state index is 5.79. The van der Waals surface area contributed by atoms with Crippen LogP contribution in [0.2, 0.25) is 0 Å². The summed E-state index contributed by atoms with van der Waals surface area (Å²) in [7, 11) is 1.77. The van der Waals surface area contributed by atoms with E-state index in [4.69, 9.17) is 4.74 Å². The molecule has 1 saturated carbocycles. The third kappa shape index (κ3) is 5.47. The van der Waals surface area contributed by atoms with Crippen LogP contribution in [-0.2, 0) is 5.41 Å². The summed E-state index contributed by atoms with van der Waals surface area (Å²) in [6.45, 7) is 5.05. The Hall–Kier alpha value is -7.42. The van der Waals surface area contributed by atoms with Gasteiger partial charge < -0.3 is 9.64 Å². The third-order valence-corrected chi connectivity index (χ3v) is 15.9. The van der Waals surface area contributed by atoms with Gasteiger partial charge in [-0.25, -0.2) is 0 Å². The normalized spacial score (nSPS) is 18.2.